The molecule has 0 heterocycles. The average Bonchev–Trinajstić information content (AvgIpc) is 2.48. The van der Waals surface area contributed by atoms with Crippen molar-refractivity contribution in [2.75, 3.05) is 19.7 Å². The third-order valence-corrected chi connectivity index (χ3v) is 3.88. The second kappa shape index (κ2) is 8.08. The van der Waals surface area contributed by atoms with E-state index in [4.69, 9.17) is 0 Å². The topological polar surface area (TPSA) is 43.7 Å². The van der Waals surface area contributed by atoms with Crippen molar-refractivity contribution in [3.05, 3.63) is 70.8 Å². The lowest BCUT2D eigenvalue weighted by Crippen LogP contribution is -2.31. The Bertz CT molecular complexity index is 583. The highest BCUT2D eigenvalue weighted by Gasteiger charge is 2.15. The Labute approximate surface area is 132 Å². The first-order valence-corrected chi connectivity index (χ1v) is 7.72. The predicted molar refractivity (Wildman–Crippen MR) is 89.7 cm³/mol. The first-order chi connectivity index (χ1) is 10.6. The van der Waals surface area contributed by atoms with Gasteiger partial charge in [-0.25, -0.2) is 0 Å². The zero-order chi connectivity index (χ0) is 15.9. The number of benzene rings is 2. The average molecular weight is 299 g/mol. The van der Waals surface area contributed by atoms with Gasteiger partial charge in [0.05, 0.1) is 12.7 Å². The second-order valence-corrected chi connectivity index (χ2v) is 5.82. The number of hydrogen-bond acceptors (Lipinski definition) is 3. The summed E-state index contributed by atoms with van der Waals surface area (Å²) in [6.07, 6.45) is -0.545. The number of nitrogens with zero attached hydrogens (tertiary/aromatic N) is 1. The Balaban J connectivity index is 2.06. The third-order valence-electron chi connectivity index (χ3n) is 3.88. The van der Waals surface area contributed by atoms with Gasteiger partial charge in [-0.05, 0) is 30.5 Å². The molecule has 2 aromatic rings. The maximum absolute atomic E-state index is 10.5. The molecule has 3 nitrogen and oxygen atoms in total. The van der Waals surface area contributed by atoms with Crippen molar-refractivity contribution in [2.45, 2.75) is 26.5 Å². The van der Waals surface area contributed by atoms with Gasteiger partial charge in [0.15, 0.2) is 0 Å². The summed E-state index contributed by atoms with van der Waals surface area (Å²) in [6.45, 7) is 5.96. The van der Waals surface area contributed by atoms with E-state index in [1.54, 1.807) is 0 Å². The van der Waals surface area contributed by atoms with Crippen molar-refractivity contribution in [1.29, 1.82) is 0 Å². The highest BCUT2D eigenvalue weighted by Crippen LogP contribution is 2.20. The summed E-state index contributed by atoms with van der Waals surface area (Å²) < 4.78 is 0. The fourth-order valence-electron chi connectivity index (χ4n) is 2.76. The van der Waals surface area contributed by atoms with Crippen LogP contribution in [0.5, 0.6) is 0 Å². The van der Waals surface area contributed by atoms with Crippen molar-refractivity contribution in [3.8, 4) is 0 Å². The van der Waals surface area contributed by atoms with Gasteiger partial charge < -0.3 is 10.2 Å². The molecule has 0 aromatic heterocycles. The van der Waals surface area contributed by atoms with Gasteiger partial charge in [-0.1, -0.05) is 54.1 Å². The van der Waals surface area contributed by atoms with E-state index >= 15 is 0 Å². The Hall–Kier alpha value is -1.68. The molecular weight excluding hydrogens is 274 g/mol. The Morgan fingerprint density at radius 2 is 1.77 bits per heavy atom. The molecule has 0 bridgehead atoms. The van der Waals surface area contributed by atoms with Crippen LogP contribution in [0.4, 0.5) is 0 Å². The number of hydrogen-bond donors (Lipinski definition) is 2. The van der Waals surface area contributed by atoms with E-state index in [1.807, 2.05) is 37.3 Å². The molecule has 0 spiro atoms. The van der Waals surface area contributed by atoms with Crippen LogP contribution in [0, 0.1) is 13.8 Å². The van der Waals surface area contributed by atoms with Crippen LogP contribution in [0.3, 0.4) is 0 Å². The molecule has 2 N–H and O–H groups in total. The lowest BCUT2D eigenvalue weighted by atomic mass is 10.0. The lowest BCUT2D eigenvalue weighted by Gasteiger charge is -2.25. The molecule has 0 fully saturated rings. The predicted octanol–water partition coefficient (Wildman–Crippen LogP) is 2.83. The smallest absolute Gasteiger partial charge is 0.0919 e. The summed E-state index contributed by atoms with van der Waals surface area (Å²) in [5.41, 5.74) is 4.45. The van der Waals surface area contributed by atoms with Crippen molar-refractivity contribution < 1.29 is 10.2 Å². The van der Waals surface area contributed by atoms with Gasteiger partial charge in [0.2, 0.25) is 0 Å². The maximum atomic E-state index is 10.5. The van der Waals surface area contributed by atoms with Gasteiger partial charge in [-0.15, -0.1) is 0 Å². The van der Waals surface area contributed by atoms with Crippen LogP contribution in [0.1, 0.15) is 28.4 Å². The SMILES string of the molecule is Cc1ccc(C(O)CN(CCO)Cc2ccccc2)c(C)c1. The minimum atomic E-state index is -0.545. The van der Waals surface area contributed by atoms with Crippen LogP contribution >= 0.6 is 0 Å². The summed E-state index contributed by atoms with van der Waals surface area (Å²) >= 11 is 0. The van der Waals surface area contributed by atoms with Gasteiger partial charge in [-0.2, -0.15) is 0 Å². The second-order valence-electron chi connectivity index (χ2n) is 5.82. The van der Waals surface area contributed by atoms with Gasteiger partial charge in [0, 0.05) is 19.6 Å². The quantitative estimate of drug-likeness (QED) is 0.826. The lowest BCUT2D eigenvalue weighted by molar-refractivity contribution is 0.0953. The molecule has 0 saturated carbocycles. The van der Waals surface area contributed by atoms with E-state index < -0.39 is 6.10 Å². The van der Waals surface area contributed by atoms with Gasteiger partial charge in [-0.3, -0.25) is 4.90 Å². The minimum absolute atomic E-state index is 0.0897. The van der Waals surface area contributed by atoms with Crippen LogP contribution < -0.4 is 0 Å². The number of aliphatic hydroxyl groups is 2. The van der Waals surface area contributed by atoms with Crippen LogP contribution in [0.15, 0.2) is 48.5 Å². The van der Waals surface area contributed by atoms with Crippen LogP contribution in [0.2, 0.25) is 0 Å². The van der Waals surface area contributed by atoms with E-state index in [2.05, 4.69) is 30.0 Å². The molecule has 118 valence electrons. The summed E-state index contributed by atoms with van der Waals surface area (Å²) in [4.78, 5) is 2.08. The first-order valence-electron chi connectivity index (χ1n) is 7.72. The summed E-state index contributed by atoms with van der Waals surface area (Å²) in [5.74, 6) is 0. The summed E-state index contributed by atoms with van der Waals surface area (Å²) in [6, 6.07) is 16.2. The van der Waals surface area contributed by atoms with Crippen LogP contribution in [-0.2, 0) is 6.54 Å². The Kier molecular flexibility index (Phi) is 6.13. The monoisotopic (exact) mass is 299 g/mol. The molecule has 1 atom stereocenters. The van der Waals surface area contributed by atoms with Gasteiger partial charge in [0.25, 0.3) is 0 Å². The molecule has 3 heteroatoms. The fourth-order valence-corrected chi connectivity index (χ4v) is 2.76. The molecule has 22 heavy (non-hydrogen) atoms. The van der Waals surface area contributed by atoms with Gasteiger partial charge in [0.1, 0.15) is 0 Å². The Morgan fingerprint density at radius 3 is 2.41 bits per heavy atom. The van der Waals surface area contributed by atoms with Gasteiger partial charge >= 0.3 is 0 Å². The molecule has 0 aliphatic rings. The van der Waals surface area contributed by atoms with E-state index in [1.165, 1.54) is 11.1 Å². The van der Waals surface area contributed by atoms with E-state index in [0.717, 1.165) is 17.7 Å². The van der Waals surface area contributed by atoms with Crippen LogP contribution in [-0.4, -0.2) is 34.8 Å². The molecule has 0 aliphatic carbocycles. The molecule has 0 radical (unpaired) electrons. The molecule has 0 amide bonds. The maximum Gasteiger partial charge on any atom is 0.0919 e. The number of aliphatic hydroxyl groups excluding tert-OH is 2. The molecule has 0 aliphatic heterocycles. The van der Waals surface area contributed by atoms with Crippen molar-refractivity contribution in [3.63, 3.8) is 0 Å². The third kappa shape index (κ3) is 4.67. The zero-order valence-electron chi connectivity index (χ0n) is 13.4. The molecule has 2 rings (SSSR count). The van der Waals surface area contributed by atoms with Crippen LogP contribution in [0.25, 0.3) is 0 Å². The van der Waals surface area contributed by atoms with E-state index in [9.17, 15) is 10.2 Å². The molecule has 2 aromatic carbocycles. The number of aryl methyl sites for hydroxylation is 2. The van der Waals surface area contributed by atoms with E-state index in [-0.39, 0.29) is 6.61 Å². The van der Waals surface area contributed by atoms with Crippen molar-refractivity contribution >= 4 is 0 Å². The summed E-state index contributed by atoms with van der Waals surface area (Å²) in [7, 11) is 0. The standard InChI is InChI=1S/C19H25NO2/c1-15-8-9-18(16(2)12-15)19(22)14-20(10-11-21)13-17-6-4-3-5-7-17/h3-9,12,19,21-22H,10-11,13-14H2,1-2H3. The zero-order valence-corrected chi connectivity index (χ0v) is 13.4. The van der Waals surface area contributed by atoms with Crippen molar-refractivity contribution in [2.24, 2.45) is 0 Å². The fraction of sp³-hybridized carbons (Fsp3) is 0.368. The highest BCUT2D eigenvalue weighted by atomic mass is 16.3. The Morgan fingerprint density at radius 1 is 1.05 bits per heavy atom. The number of rotatable bonds is 7. The largest absolute Gasteiger partial charge is 0.395 e. The molecule has 1 unspecified atom stereocenters. The molecule has 0 saturated heterocycles. The minimum Gasteiger partial charge on any atom is -0.395 e. The first kappa shape index (κ1) is 16.7. The van der Waals surface area contributed by atoms with E-state index in [0.29, 0.717) is 13.1 Å². The molecular formula is C19H25NO2. The van der Waals surface area contributed by atoms with Crippen molar-refractivity contribution in [1.82, 2.24) is 4.90 Å². The highest BCUT2D eigenvalue weighted by molar-refractivity contribution is 5.32. The normalized spacial score (nSPS) is 12.6. The summed E-state index contributed by atoms with van der Waals surface area (Å²) in [5, 5.41) is 19.8.